The van der Waals surface area contributed by atoms with Gasteiger partial charge in [-0.25, -0.2) is 15.8 Å². The van der Waals surface area contributed by atoms with Gasteiger partial charge in [0.05, 0.1) is 0 Å². The Labute approximate surface area is 120 Å². The van der Waals surface area contributed by atoms with Gasteiger partial charge in [0.15, 0.2) is 5.82 Å². The zero-order chi connectivity index (χ0) is 14.5. The molecule has 20 heavy (non-hydrogen) atoms. The number of hydrazine groups is 1. The summed E-state index contributed by atoms with van der Waals surface area (Å²) < 4.78 is 5.10. The predicted molar refractivity (Wildman–Crippen MR) is 79.5 cm³/mol. The number of ether oxygens (including phenoxy) is 1. The van der Waals surface area contributed by atoms with Gasteiger partial charge < -0.3 is 15.1 Å². The molecule has 0 spiro atoms. The summed E-state index contributed by atoms with van der Waals surface area (Å²) in [6.45, 7) is 8.87. The molecule has 0 atom stereocenters. The molecular weight excluding hydrogens is 256 g/mol. The van der Waals surface area contributed by atoms with Crippen molar-refractivity contribution in [1.29, 1.82) is 0 Å². The molecule has 0 bridgehead atoms. The van der Waals surface area contributed by atoms with Crippen LogP contribution in [0.3, 0.4) is 0 Å². The molecule has 0 amide bonds. The van der Waals surface area contributed by atoms with Crippen molar-refractivity contribution in [2.24, 2.45) is 5.84 Å². The summed E-state index contributed by atoms with van der Waals surface area (Å²) in [6, 6.07) is 2.47. The van der Waals surface area contributed by atoms with E-state index in [4.69, 9.17) is 10.6 Å². The van der Waals surface area contributed by atoms with E-state index in [-0.39, 0.29) is 0 Å². The van der Waals surface area contributed by atoms with Crippen molar-refractivity contribution in [3.8, 4) is 0 Å². The van der Waals surface area contributed by atoms with Crippen molar-refractivity contribution in [2.75, 3.05) is 43.6 Å². The maximum Gasteiger partial charge on any atom is 0.158 e. The zero-order valence-corrected chi connectivity index (χ0v) is 12.5. The molecule has 1 fully saturated rings. The first-order valence-electron chi connectivity index (χ1n) is 6.96. The van der Waals surface area contributed by atoms with Crippen molar-refractivity contribution in [3.63, 3.8) is 0 Å². The fraction of sp³-hybridized carbons (Fsp3) is 0.692. The molecule has 0 aliphatic carbocycles. The number of piperazine rings is 1. The third-order valence-corrected chi connectivity index (χ3v) is 3.55. The van der Waals surface area contributed by atoms with E-state index < -0.39 is 0 Å². The Hall–Kier alpha value is -1.44. The lowest BCUT2D eigenvalue weighted by molar-refractivity contribution is 0.177. The quantitative estimate of drug-likeness (QED) is 0.598. The first-order valence-corrected chi connectivity index (χ1v) is 6.96. The maximum atomic E-state index is 5.47. The Morgan fingerprint density at radius 2 is 2.00 bits per heavy atom. The number of rotatable bonds is 5. The monoisotopic (exact) mass is 280 g/mol. The van der Waals surface area contributed by atoms with E-state index in [0.29, 0.717) is 24.3 Å². The van der Waals surface area contributed by atoms with E-state index in [0.717, 1.165) is 32.0 Å². The van der Waals surface area contributed by atoms with Crippen molar-refractivity contribution >= 4 is 11.6 Å². The highest BCUT2D eigenvalue weighted by Gasteiger charge is 2.20. The van der Waals surface area contributed by atoms with Crippen LogP contribution >= 0.6 is 0 Å². The molecule has 1 aromatic rings. The van der Waals surface area contributed by atoms with Gasteiger partial charge in [-0.3, -0.25) is 4.90 Å². The molecule has 112 valence electrons. The second-order valence-corrected chi connectivity index (χ2v) is 5.22. The number of aromatic nitrogens is 2. The van der Waals surface area contributed by atoms with Crippen LogP contribution in [0, 0.1) is 0 Å². The standard InChI is InChI=1S/C13H24N6O/c1-10(2)18-4-6-19(7-5-18)13-8-11(17-14)15-12(16-13)9-20-3/h8,10H,4-7,9,14H2,1-3H3,(H,15,16,17). The largest absolute Gasteiger partial charge is 0.377 e. The molecule has 0 aromatic carbocycles. The second-order valence-electron chi connectivity index (χ2n) is 5.22. The Morgan fingerprint density at radius 1 is 1.30 bits per heavy atom. The minimum Gasteiger partial charge on any atom is -0.377 e. The van der Waals surface area contributed by atoms with Crippen LogP contribution in [-0.4, -0.2) is 54.2 Å². The lowest BCUT2D eigenvalue weighted by Crippen LogP contribution is -2.49. The first kappa shape index (κ1) is 15.0. The van der Waals surface area contributed by atoms with Gasteiger partial charge in [-0.15, -0.1) is 0 Å². The average Bonchev–Trinajstić information content (AvgIpc) is 2.47. The molecule has 1 aliphatic heterocycles. The average molecular weight is 280 g/mol. The van der Waals surface area contributed by atoms with E-state index in [1.54, 1.807) is 7.11 Å². The number of nitrogens with two attached hydrogens (primary N) is 1. The topological polar surface area (TPSA) is 79.5 Å². The number of hydrogen-bond acceptors (Lipinski definition) is 7. The van der Waals surface area contributed by atoms with Crippen molar-refractivity contribution < 1.29 is 4.74 Å². The summed E-state index contributed by atoms with van der Waals surface area (Å²) >= 11 is 0. The van der Waals surface area contributed by atoms with Crippen molar-refractivity contribution in [1.82, 2.24) is 14.9 Å². The summed E-state index contributed by atoms with van der Waals surface area (Å²) in [7, 11) is 1.63. The molecule has 1 saturated heterocycles. The van der Waals surface area contributed by atoms with Crippen LogP contribution in [0.5, 0.6) is 0 Å². The second kappa shape index (κ2) is 6.83. The van der Waals surface area contributed by atoms with Gasteiger partial charge >= 0.3 is 0 Å². The fourth-order valence-electron chi connectivity index (χ4n) is 2.38. The van der Waals surface area contributed by atoms with Gasteiger partial charge in [-0.05, 0) is 13.8 Å². The molecule has 0 unspecified atom stereocenters. The van der Waals surface area contributed by atoms with E-state index in [1.165, 1.54) is 0 Å². The normalized spacial score (nSPS) is 16.8. The van der Waals surface area contributed by atoms with Crippen LogP contribution in [0.2, 0.25) is 0 Å². The fourth-order valence-corrected chi connectivity index (χ4v) is 2.38. The zero-order valence-electron chi connectivity index (χ0n) is 12.5. The molecule has 0 radical (unpaired) electrons. The van der Waals surface area contributed by atoms with E-state index in [9.17, 15) is 0 Å². The van der Waals surface area contributed by atoms with Gasteiger partial charge in [0.2, 0.25) is 0 Å². The van der Waals surface area contributed by atoms with Crippen LogP contribution < -0.4 is 16.2 Å². The Morgan fingerprint density at radius 3 is 2.55 bits per heavy atom. The molecule has 7 heteroatoms. The minimum atomic E-state index is 0.383. The summed E-state index contributed by atoms with van der Waals surface area (Å²) in [6.07, 6.45) is 0. The predicted octanol–water partition coefficient (Wildman–Crippen LogP) is 0.439. The third kappa shape index (κ3) is 3.56. The van der Waals surface area contributed by atoms with Crippen LogP contribution in [0.25, 0.3) is 0 Å². The van der Waals surface area contributed by atoms with Crippen LogP contribution in [0.1, 0.15) is 19.7 Å². The SMILES string of the molecule is COCc1nc(NN)cc(N2CCN(C(C)C)CC2)n1. The van der Waals surface area contributed by atoms with Crippen LogP contribution in [-0.2, 0) is 11.3 Å². The molecule has 1 aliphatic rings. The lowest BCUT2D eigenvalue weighted by atomic mass is 10.2. The molecule has 7 nitrogen and oxygen atoms in total. The Balaban J connectivity index is 2.10. The number of methoxy groups -OCH3 is 1. The number of nitrogen functional groups attached to an aromatic ring is 1. The number of anilines is 2. The summed E-state index contributed by atoms with van der Waals surface area (Å²) in [5.74, 6) is 7.63. The molecule has 1 aromatic heterocycles. The van der Waals surface area contributed by atoms with E-state index in [2.05, 4.69) is 39.0 Å². The highest BCUT2D eigenvalue weighted by atomic mass is 16.5. The van der Waals surface area contributed by atoms with E-state index >= 15 is 0 Å². The molecule has 2 heterocycles. The maximum absolute atomic E-state index is 5.47. The van der Waals surface area contributed by atoms with Crippen LogP contribution in [0.4, 0.5) is 11.6 Å². The highest BCUT2D eigenvalue weighted by molar-refractivity contribution is 5.49. The van der Waals surface area contributed by atoms with Crippen LogP contribution in [0.15, 0.2) is 6.07 Å². The van der Waals surface area contributed by atoms with Gasteiger partial charge in [0.25, 0.3) is 0 Å². The number of nitrogens with zero attached hydrogens (tertiary/aromatic N) is 4. The van der Waals surface area contributed by atoms with E-state index in [1.807, 2.05) is 6.07 Å². The number of nitrogens with one attached hydrogen (secondary N) is 1. The number of hydrogen-bond donors (Lipinski definition) is 2. The highest BCUT2D eigenvalue weighted by Crippen LogP contribution is 2.18. The van der Waals surface area contributed by atoms with Crippen molar-refractivity contribution in [2.45, 2.75) is 26.5 Å². The Bertz CT molecular complexity index is 431. The lowest BCUT2D eigenvalue weighted by Gasteiger charge is -2.37. The first-order chi connectivity index (χ1) is 9.63. The van der Waals surface area contributed by atoms with Crippen molar-refractivity contribution in [3.05, 3.63) is 11.9 Å². The minimum absolute atomic E-state index is 0.383. The molecule has 0 saturated carbocycles. The van der Waals surface area contributed by atoms with Gasteiger partial charge in [0, 0.05) is 45.4 Å². The molecular formula is C13H24N6O. The van der Waals surface area contributed by atoms with Gasteiger partial charge in [-0.2, -0.15) is 0 Å². The molecule has 3 N–H and O–H groups in total. The van der Waals surface area contributed by atoms with Gasteiger partial charge in [-0.1, -0.05) is 0 Å². The third-order valence-electron chi connectivity index (χ3n) is 3.55. The van der Waals surface area contributed by atoms with Gasteiger partial charge in [0.1, 0.15) is 18.2 Å². The summed E-state index contributed by atoms with van der Waals surface area (Å²) in [5, 5.41) is 0. The molecule has 2 rings (SSSR count). The smallest absolute Gasteiger partial charge is 0.158 e. The Kier molecular flexibility index (Phi) is 5.11. The summed E-state index contributed by atoms with van der Waals surface area (Å²) in [4.78, 5) is 13.5. The summed E-state index contributed by atoms with van der Waals surface area (Å²) in [5.41, 5.74) is 2.59.